The summed E-state index contributed by atoms with van der Waals surface area (Å²) >= 11 is 0. The number of aryl methyl sites for hydroxylation is 1. The van der Waals surface area contributed by atoms with Gasteiger partial charge in [0.05, 0.1) is 24.7 Å². The monoisotopic (exact) mass is 477 g/mol. The Morgan fingerprint density at radius 1 is 0.912 bits per heavy atom. The molecule has 3 aromatic heterocycles. The molecule has 0 aliphatic heterocycles. The molecule has 34 heavy (non-hydrogen) atoms. The van der Waals surface area contributed by atoms with Crippen LogP contribution in [0, 0.1) is 0 Å². The van der Waals surface area contributed by atoms with E-state index in [4.69, 9.17) is 0 Å². The third-order valence-electron chi connectivity index (χ3n) is 6.15. The fraction of sp³-hybridized carbons (Fsp3) is 0.333. The Labute approximate surface area is 198 Å². The summed E-state index contributed by atoms with van der Waals surface area (Å²) in [5.74, 6) is 0.656. The minimum atomic E-state index is -3.21. The van der Waals surface area contributed by atoms with Crippen molar-refractivity contribution in [2.75, 3.05) is 6.26 Å². The minimum Gasteiger partial charge on any atom is -0.275 e. The smallest absolute Gasteiger partial charge is 0.208 e. The molecule has 176 valence electrons. The first-order valence-electron chi connectivity index (χ1n) is 11.3. The molecule has 1 saturated carbocycles. The Morgan fingerprint density at radius 3 is 2.38 bits per heavy atom. The molecule has 9 nitrogen and oxygen atoms in total. The second-order valence-electron chi connectivity index (χ2n) is 8.90. The second-order valence-corrected chi connectivity index (χ2v) is 10.7. The molecule has 3 heterocycles. The van der Waals surface area contributed by atoms with Gasteiger partial charge in [-0.05, 0) is 37.3 Å². The van der Waals surface area contributed by atoms with Gasteiger partial charge in [-0.15, -0.1) is 0 Å². The Morgan fingerprint density at radius 2 is 1.65 bits per heavy atom. The maximum absolute atomic E-state index is 11.6. The van der Waals surface area contributed by atoms with Crippen molar-refractivity contribution in [2.24, 2.45) is 7.05 Å². The zero-order valence-corrected chi connectivity index (χ0v) is 20.0. The molecule has 4 aromatic rings. The SMILES string of the molecule is Cn1cc(-c2cccc(-c3ncc(-c4cnn([C@@H]5CCC[C@@H](NS(C)(=O)=O)C5)c4)cn3)c2)cn1. The average molecular weight is 478 g/mol. The summed E-state index contributed by atoms with van der Waals surface area (Å²) < 4.78 is 29.7. The summed E-state index contributed by atoms with van der Waals surface area (Å²) in [6.45, 7) is 0. The molecule has 5 rings (SSSR count). The van der Waals surface area contributed by atoms with Crippen LogP contribution < -0.4 is 4.72 Å². The van der Waals surface area contributed by atoms with E-state index in [2.05, 4.69) is 31.0 Å². The molecule has 0 amide bonds. The van der Waals surface area contributed by atoms with Crippen LogP contribution in [0.2, 0.25) is 0 Å². The number of benzene rings is 1. The lowest BCUT2D eigenvalue weighted by atomic mass is 9.92. The zero-order chi connectivity index (χ0) is 23.7. The van der Waals surface area contributed by atoms with E-state index in [0.717, 1.165) is 53.5 Å². The van der Waals surface area contributed by atoms with E-state index in [9.17, 15) is 8.42 Å². The van der Waals surface area contributed by atoms with E-state index < -0.39 is 10.0 Å². The Bertz CT molecular complexity index is 1390. The zero-order valence-electron chi connectivity index (χ0n) is 19.2. The fourth-order valence-electron chi connectivity index (χ4n) is 4.54. The average Bonchev–Trinajstić information content (AvgIpc) is 3.48. The van der Waals surface area contributed by atoms with Gasteiger partial charge in [-0.2, -0.15) is 10.2 Å². The largest absolute Gasteiger partial charge is 0.275 e. The molecule has 0 bridgehead atoms. The van der Waals surface area contributed by atoms with Crippen LogP contribution in [-0.4, -0.2) is 50.2 Å². The van der Waals surface area contributed by atoms with E-state index in [1.807, 2.05) is 67.1 Å². The molecule has 2 atom stereocenters. The van der Waals surface area contributed by atoms with E-state index in [-0.39, 0.29) is 12.1 Å². The van der Waals surface area contributed by atoms with Crippen molar-refractivity contribution in [3.63, 3.8) is 0 Å². The summed E-state index contributed by atoms with van der Waals surface area (Å²) in [6, 6.07) is 8.22. The van der Waals surface area contributed by atoms with Crippen LogP contribution in [0.1, 0.15) is 31.7 Å². The Balaban J connectivity index is 1.31. The molecule has 1 aromatic carbocycles. The van der Waals surface area contributed by atoms with Gasteiger partial charge >= 0.3 is 0 Å². The standard InChI is InChI=1S/C24H27N7O2S/c1-30-15-20(13-27-30)17-5-3-6-18(9-17)24-25-11-19(12-26-24)21-14-28-31(16-21)23-8-4-7-22(10-23)29-34(2,32)33/h3,5-6,9,11-16,22-23,29H,4,7-8,10H2,1-2H3/t22-,23-/m1/s1. The third kappa shape index (κ3) is 5.07. The number of aromatic nitrogens is 6. The Kier molecular flexibility index (Phi) is 6.01. The van der Waals surface area contributed by atoms with Crippen molar-refractivity contribution >= 4 is 10.0 Å². The van der Waals surface area contributed by atoms with Gasteiger partial charge in [0.25, 0.3) is 0 Å². The van der Waals surface area contributed by atoms with Gasteiger partial charge in [-0.3, -0.25) is 9.36 Å². The van der Waals surface area contributed by atoms with Gasteiger partial charge in [0.1, 0.15) is 0 Å². The highest BCUT2D eigenvalue weighted by Gasteiger charge is 2.26. The van der Waals surface area contributed by atoms with Crippen LogP contribution in [0.25, 0.3) is 33.6 Å². The summed E-state index contributed by atoms with van der Waals surface area (Å²) in [6.07, 6.45) is 16.0. The van der Waals surface area contributed by atoms with Crippen molar-refractivity contribution in [1.82, 2.24) is 34.3 Å². The molecule has 0 saturated heterocycles. The maximum Gasteiger partial charge on any atom is 0.208 e. The topological polar surface area (TPSA) is 108 Å². The summed E-state index contributed by atoms with van der Waals surface area (Å²) in [5, 5.41) is 8.79. The number of sulfonamides is 1. The van der Waals surface area contributed by atoms with Crippen LogP contribution in [0.4, 0.5) is 0 Å². The number of rotatable bonds is 6. The molecular weight excluding hydrogens is 450 g/mol. The molecule has 0 radical (unpaired) electrons. The highest BCUT2D eigenvalue weighted by atomic mass is 32.2. The molecule has 0 unspecified atom stereocenters. The predicted octanol–water partition coefficient (Wildman–Crippen LogP) is 3.44. The van der Waals surface area contributed by atoms with Crippen molar-refractivity contribution in [2.45, 2.75) is 37.8 Å². The van der Waals surface area contributed by atoms with Crippen molar-refractivity contribution in [1.29, 1.82) is 0 Å². The van der Waals surface area contributed by atoms with Gasteiger partial charge in [0.2, 0.25) is 10.0 Å². The third-order valence-corrected chi connectivity index (χ3v) is 6.91. The van der Waals surface area contributed by atoms with E-state index in [0.29, 0.717) is 5.82 Å². The quantitative estimate of drug-likeness (QED) is 0.456. The van der Waals surface area contributed by atoms with Crippen LogP contribution in [-0.2, 0) is 17.1 Å². The summed E-state index contributed by atoms with van der Waals surface area (Å²) in [7, 11) is -1.31. The number of nitrogens with zero attached hydrogens (tertiary/aromatic N) is 6. The van der Waals surface area contributed by atoms with Crippen LogP contribution in [0.5, 0.6) is 0 Å². The first-order chi connectivity index (χ1) is 16.3. The first kappa shape index (κ1) is 22.4. The van der Waals surface area contributed by atoms with Crippen molar-refractivity contribution in [3.8, 4) is 33.6 Å². The molecule has 1 aliphatic rings. The molecule has 1 N–H and O–H groups in total. The van der Waals surface area contributed by atoms with E-state index in [1.54, 1.807) is 4.68 Å². The van der Waals surface area contributed by atoms with Gasteiger partial charge in [0.15, 0.2) is 5.82 Å². The lowest BCUT2D eigenvalue weighted by Crippen LogP contribution is -2.38. The fourth-order valence-corrected chi connectivity index (χ4v) is 5.35. The molecular formula is C24H27N7O2S. The van der Waals surface area contributed by atoms with Crippen LogP contribution >= 0.6 is 0 Å². The lowest BCUT2D eigenvalue weighted by molar-refractivity contribution is 0.289. The second kappa shape index (κ2) is 9.11. The minimum absolute atomic E-state index is 0.0496. The maximum atomic E-state index is 11.6. The van der Waals surface area contributed by atoms with Gasteiger partial charge in [0, 0.05) is 60.1 Å². The van der Waals surface area contributed by atoms with Crippen molar-refractivity contribution < 1.29 is 8.42 Å². The first-order valence-corrected chi connectivity index (χ1v) is 13.2. The number of hydrogen-bond donors (Lipinski definition) is 1. The van der Waals surface area contributed by atoms with E-state index in [1.165, 1.54) is 6.26 Å². The lowest BCUT2D eigenvalue weighted by Gasteiger charge is -2.29. The van der Waals surface area contributed by atoms with Crippen LogP contribution in [0.15, 0.2) is 61.4 Å². The van der Waals surface area contributed by atoms with Crippen molar-refractivity contribution in [3.05, 3.63) is 61.4 Å². The molecule has 10 heteroatoms. The van der Waals surface area contributed by atoms with Gasteiger partial charge in [-0.1, -0.05) is 18.2 Å². The van der Waals surface area contributed by atoms with Gasteiger partial charge < -0.3 is 0 Å². The van der Waals surface area contributed by atoms with E-state index >= 15 is 0 Å². The predicted molar refractivity (Wildman–Crippen MR) is 130 cm³/mol. The highest BCUT2D eigenvalue weighted by molar-refractivity contribution is 7.88. The summed E-state index contributed by atoms with van der Waals surface area (Å²) in [5.41, 5.74) is 4.88. The molecule has 1 fully saturated rings. The highest BCUT2D eigenvalue weighted by Crippen LogP contribution is 2.30. The normalized spacial score (nSPS) is 18.8. The Hall–Kier alpha value is -3.37. The molecule has 1 aliphatic carbocycles. The number of hydrogen-bond acceptors (Lipinski definition) is 6. The van der Waals surface area contributed by atoms with Crippen LogP contribution in [0.3, 0.4) is 0 Å². The van der Waals surface area contributed by atoms with Gasteiger partial charge in [-0.25, -0.2) is 23.1 Å². The summed E-state index contributed by atoms with van der Waals surface area (Å²) in [4.78, 5) is 9.19. The number of nitrogens with one attached hydrogen (secondary N) is 1. The molecule has 0 spiro atoms.